The third-order valence-corrected chi connectivity index (χ3v) is 4.82. The molecule has 2 aromatic carbocycles. The van der Waals surface area contributed by atoms with Gasteiger partial charge in [-0.05, 0) is 52.2 Å². The lowest BCUT2D eigenvalue weighted by Crippen LogP contribution is -2.32. The molecule has 2 N–H and O–H groups in total. The number of hydrogen-bond acceptors (Lipinski definition) is 3. The zero-order chi connectivity index (χ0) is 16.2. The predicted octanol–water partition coefficient (Wildman–Crippen LogP) is 3.52. The Balaban J connectivity index is 1.57. The van der Waals surface area contributed by atoms with Crippen LogP contribution in [0.15, 0.2) is 53.0 Å². The smallest absolute Gasteiger partial charge is 0.335 e. The minimum Gasteiger partial charge on any atom is -0.478 e. The van der Waals surface area contributed by atoms with Gasteiger partial charge in [0.05, 0.1) is 11.3 Å². The van der Waals surface area contributed by atoms with Crippen LogP contribution >= 0.6 is 15.9 Å². The van der Waals surface area contributed by atoms with Gasteiger partial charge in [-0.25, -0.2) is 4.79 Å². The summed E-state index contributed by atoms with van der Waals surface area (Å²) >= 11 is 3.61. The van der Waals surface area contributed by atoms with E-state index in [0.29, 0.717) is 18.2 Å². The van der Waals surface area contributed by atoms with Crippen LogP contribution < -0.4 is 10.2 Å². The first-order chi connectivity index (χ1) is 11.1. The van der Waals surface area contributed by atoms with Gasteiger partial charge in [-0.1, -0.05) is 24.3 Å². The molecule has 1 aliphatic rings. The van der Waals surface area contributed by atoms with E-state index in [1.165, 1.54) is 5.69 Å². The van der Waals surface area contributed by atoms with Crippen molar-refractivity contribution in [2.75, 3.05) is 18.0 Å². The second-order valence-electron chi connectivity index (χ2n) is 5.77. The van der Waals surface area contributed by atoms with Gasteiger partial charge in [0.25, 0.3) is 0 Å². The van der Waals surface area contributed by atoms with E-state index in [4.69, 9.17) is 5.11 Å². The van der Waals surface area contributed by atoms with Crippen molar-refractivity contribution >= 4 is 27.6 Å². The summed E-state index contributed by atoms with van der Waals surface area (Å²) in [5, 5.41) is 12.6. The lowest BCUT2D eigenvalue weighted by molar-refractivity contribution is 0.0696. The van der Waals surface area contributed by atoms with E-state index >= 15 is 0 Å². The van der Waals surface area contributed by atoms with Gasteiger partial charge in [-0.15, -0.1) is 0 Å². The molecule has 0 amide bonds. The topological polar surface area (TPSA) is 52.6 Å². The van der Waals surface area contributed by atoms with Crippen molar-refractivity contribution in [3.05, 3.63) is 64.1 Å². The lowest BCUT2D eigenvalue weighted by atomic mass is 10.1. The fourth-order valence-electron chi connectivity index (χ4n) is 2.93. The molecule has 0 saturated carbocycles. The average Bonchev–Trinajstić information content (AvgIpc) is 3.02. The maximum absolute atomic E-state index is 11.0. The van der Waals surface area contributed by atoms with Crippen LogP contribution in [0.4, 0.5) is 5.69 Å². The monoisotopic (exact) mass is 374 g/mol. The summed E-state index contributed by atoms with van der Waals surface area (Å²) in [7, 11) is 0. The van der Waals surface area contributed by atoms with E-state index in [1.807, 2.05) is 12.1 Å². The third-order valence-electron chi connectivity index (χ3n) is 4.15. The fourth-order valence-corrected chi connectivity index (χ4v) is 3.47. The van der Waals surface area contributed by atoms with E-state index in [9.17, 15) is 4.79 Å². The first kappa shape index (κ1) is 16.0. The Kier molecular flexibility index (Phi) is 4.98. The van der Waals surface area contributed by atoms with Crippen molar-refractivity contribution in [3.63, 3.8) is 0 Å². The number of para-hydroxylation sites is 1. The van der Waals surface area contributed by atoms with E-state index in [0.717, 1.165) is 29.5 Å². The molecular formula is C18H19BrN2O2. The van der Waals surface area contributed by atoms with Crippen LogP contribution in [0.1, 0.15) is 22.3 Å². The zero-order valence-electron chi connectivity index (χ0n) is 12.7. The molecule has 1 saturated heterocycles. The number of carbonyl (C=O) groups is 1. The standard InChI is InChI=1S/C18H19BrN2O2/c19-16-6-1-2-7-17(16)21-9-8-15(12-21)20-11-13-4-3-5-14(10-13)18(22)23/h1-7,10,15,20H,8-9,11-12H2,(H,22,23). The molecule has 4 nitrogen and oxygen atoms in total. The second-order valence-corrected chi connectivity index (χ2v) is 6.62. The average molecular weight is 375 g/mol. The number of benzene rings is 2. The number of anilines is 1. The summed E-state index contributed by atoms with van der Waals surface area (Å²) in [6.45, 7) is 2.67. The number of halogens is 1. The van der Waals surface area contributed by atoms with Crippen molar-refractivity contribution in [2.24, 2.45) is 0 Å². The number of aromatic carboxylic acids is 1. The number of nitrogens with one attached hydrogen (secondary N) is 1. The summed E-state index contributed by atoms with van der Waals surface area (Å²) in [4.78, 5) is 13.4. The summed E-state index contributed by atoms with van der Waals surface area (Å²) in [6.07, 6.45) is 1.08. The minimum atomic E-state index is -0.882. The maximum Gasteiger partial charge on any atom is 0.335 e. The van der Waals surface area contributed by atoms with E-state index in [2.05, 4.69) is 44.3 Å². The molecule has 0 radical (unpaired) electrons. The van der Waals surface area contributed by atoms with Crippen LogP contribution in [0.3, 0.4) is 0 Å². The number of carboxylic acid groups (broad SMARTS) is 1. The van der Waals surface area contributed by atoms with E-state index in [1.54, 1.807) is 18.2 Å². The van der Waals surface area contributed by atoms with Gasteiger partial charge >= 0.3 is 5.97 Å². The second kappa shape index (κ2) is 7.15. The Bertz CT molecular complexity index is 705. The van der Waals surface area contributed by atoms with Crippen LogP contribution in [-0.4, -0.2) is 30.2 Å². The highest BCUT2D eigenvalue weighted by Crippen LogP contribution is 2.28. The summed E-state index contributed by atoms with van der Waals surface area (Å²) < 4.78 is 1.12. The molecule has 1 unspecified atom stereocenters. The number of nitrogens with zero attached hydrogens (tertiary/aromatic N) is 1. The van der Waals surface area contributed by atoms with Crippen molar-refractivity contribution < 1.29 is 9.90 Å². The molecule has 3 rings (SSSR count). The van der Waals surface area contributed by atoms with Gasteiger partial charge in [0, 0.05) is 30.1 Å². The van der Waals surface area contributed by atoms with Gasteiger partial charge < -0.3 is 15.3 Å². The third kappa shape index (κ3) is 3.92. The SMILES string of the molecule is O=C(O)c1cccc(CNC2CCN(c3ccccc3Br)C2)c1. The summed E-state index contributed by atoms with van der Waals surface area (Å²) in [5.41, 5.74) is 2.57. The molecule has 5 heteroatoms. The van der Waals surface area contributed by atoms with Crippen LogP contribution in [0, 0.1) is 0 Å². The van der Waals surface area contributed by atoms with E-state index < -0.39 is 5.97 Å². The van der Waals surface area contributed by atoms with Crippen molar-refractivity contribution in [2.45, 2.75) is 19.0 Å². The molecule has 1 fully saturated rings. The Morgan fingerprint density at radius 2 is 2.09 bits per heavy atom. The van der Waals surface area contributed by atoms with Crippen LogP contribution in [0.25, 0.3) is 0 Å². The fraction of sp³-hybridized carbons (Fsp3) is 0.278. The molecule has 1 heterocycles. The molecule has 1 aliphatic heterocycles. The van der Waals surface area contributed by atoms with Crippen LogP contribution in [0.2, 0.25) is 0 Å². The quantitative estimate of drug-likeness (QED) is 0.840. The van der Waals surface area contributed by atoms with Crippen molar-refractivity contribution in [1.82, 2.24) is 5.32 Å². The van der Waals surface area contributed by atoms with E-state index in [-0.39, 0.29) is 0 Å². The van der Waals surface area contributed by atoms with Gasteiger partial charge in [0.2, 0.25) is 0 Å². The highest BCUT2D eigenvalue weighted by atomic mass is 79.9. The summed E-state index contributed by atoms with van der Waals surface area (Å²) in [6, 6.07) is 15.8. The zero-order valence-corrected chi connectivity index (χ0v) is 14.3. The largest absolute Gasteiger partial charge is 0.478 e. The number of carboxylic acids is 1. The highest BCUT2D eigenvalue weighted by molar-refractivity contribution is 9.10. The molecule has 0 spiro atoms. The molecule has 0 aliphatic carbocycles. The first-order valence-electron chi connectivity index (χ1n) is 7.68. The Morgan fingerprint density at radius 3 is 2.87 bits per heavy atom. The van der Waals surface area contributed by atoms with Gasteiger partial charge in [-0.3, -0.25) is 0 Å². The predicted molar refractivity (Wildman–Crippen MR) is 95.0 cm³/mol. The molecule has 23 heavy (non-hydrogen) atoms. The molecule has 120 valence electrons. The van der Waals surface area contributed by atoms with Crippen LogP contribution in [-0.2, 0) is 6.54 Å². The molecular weight excluding hydrogens is 356 g/mol. The van der Waals surface area contributed by atoms with Gasteiger partial charge in [0.15, 0.2) is 0 Å². The Hall–Kier alpha value is -1.85. The molecule has 1 atom stereocenters. The maximum atomic E-state index is 11.0. The van der Waals surface area contributed by atoms with Gasteiger partial charge in [0.1, 0.15) is 0 Å². The molecule has 2 aromatic rings. The summed E-state index contributed by atoms with van der Waals surface area (Å²) in [5.74, 6) is -0.882. The van der Waals surface area contributed by atoms with Crippen molar-refractivity contribution in [3.8, 4) is 0 Å². The normalized spacial score (nSPS) is 17.4. The number of hydrogen-bond donors (Lipinski definition) is 2. The van der Waals surface area contributed by atoms with Crippen LogP contribution in [0.5, 0.6) is 0 Å². The minimum absolute atomic E-state index is 0.338. The Labute approximate surface area is 144 Å². The Morgan fingerprint density at radius 1 is 1.26 bits per heavy atom. The van der Waals surface area contributed by atoms with Crippen molar-refractivity contribution in [1.29, 1.82) is 0 Å². The molecule has 0 bridgehead atoms. The molecule has 0 aromatic heterocycles. The first-order valence-corrected chi connectivity index (χ1v) is 8.48. The lowest BCUT2D eigenvalue weighted by Gasteiger charge is -2.20. The van der Waals surface area contributed by atoms with Gasteiger partial charge in [-0.2, -0.15) is 0 Å². The number of rotatable bonds is 5. The highest BCUT2D eigenvalue weighted by Gasteiger charge is 2.23.